The number of nitrogens with zero attached hydrogens (tertiary/aromatic N) is 4. The van der Waals surface area contributed by atoms with Gasteiger partial charge in [-0.3, -0.25) is 4.72 Å². The Bertz CT molecular complexity index is 1450. The van der Waals surface area contributed by atoms with Crippen molar-refractivity contribution in [2.45, 2.75) is 11.4 Å². The Kier molecular flexibility index (Phi) is 4.52. The van der Waals surface area contributed by atoms with E-state index in [1.807, 2.05) is 12.1 Å². The molecule has 5 rings (SSSR count). The highest BCUT2D eigenvalue weighted by molar-refractivity contribution is 7.93. The highest BCUT2D eigenvalue weighted by Gasteiger charge is 2.22. The highest BCUT2D eigenvalue weighted by Crippen LogP contribution is 2.27. The molecule has 0 radical (unpaired) electrons. The van der Waals surface area contributed by atoms with Crippen molar-refractivity contribution in [3.63, 3.8) is 0 Å². The molecule has 0 atom stereocenters. The first-order valence-corrected chi connectivity index (χ1v) is 11.1. The maximum atomic E-state index is 13.1. The molecule has 0 aliphatic rings. The van der Waals surface area contributed by atoms with Gasteiger partial charge >= 0.3 is 0 Å². The quantitative estimate of drug-likeness (QED) is 0.412. The summed E-state index contributed by atoms with van der Waals surface area (Å²) in [4.78, 5) is 9.04. The van der Waals surface area contributed by atoms with E-state index < -0.39 is 10.0 Å². The molecule has 2 aromatic carbocycles. The number of hydrogen-bond donors (Lipinski definition) is 2. The van der Waals surface area contributed by atoms with Gasteiger partial charge in [0.1, 0.15) is 21.7 Å². The summed E-state index contributed by atoms with van der Waals surface area (Å²) < 4.78 is 42.4. The van der Waals surface area contributed by atoms with Gasteiger partial charge < -0.3 is 9.73 Å². The molecule has 0 saturated heterocycles. The van der Waals surface area contributed by atoms with Gasteiger partial charge in [0, 0.05) is 0 Å². The second-order valence-corrected chi connectivity index (χ2v) is 8.52. The van der Waals surface area contributed by atoms with Crippen LogP contribution in [0, 0.1) is 0 Å². The molecule has 0 aliphatic carbocycles. The minimum atomic E-state index is -3.98. The number of fused-ring (bicyclic) bond motifs is 2. The summed E-state index contributed by atoms with van der Waals surface area (Å²) in [7, 11) is -3.98. The van der Waals surface area contributed by atoms with Crippen LogP contribution in [0.15, 0.2) is 70.2 Å². The van der Waals surface area contributed by atoms with Crippen LogP contribution in [0.25, 0.3) is 22.1 Å². The van der Waals surface area contributed by atoms with E-state index in [2.05, 4.69) is 28.8 Å². The van der Waals surface area contributed by atoms with Crippen molar-refractivity contribution in [1.29, 1.82) is 0 Å². The summed E-state index contributed by atoms with van der Waals surface area (Å²) in [6.07, 6.45) is 1.56. The minimum absolute atomic E-state index is 0.0284. The molecule has 3 heterocycles. The summed E-state index contributed by atoms with van der Waals surface area (Å²) in [5.41, 5.74) is 2.03. The van der Waals surface area contributed by atoms with Crippen molar-refractivity contribution < 1.29 is 12.8 Å². The van der Waals surface area contributed by atoms with Gasteiger partial charge in [-0.25, -0.2) is 18.4 Å². The Morgan fingerprint density at radius 3 is 2.40 bits per heavy atom. The molecule has 5 aromatic rings. The number of hydrogen-bond acceptors (Lipinski definition) is 9. The zero-order chi connectivity index (χ0) is 20.6. The second-order valence-electron chi connectivity index (χ2n) is 6.34. The number of anilines is 2. The molecule has 0 aliphatic heterocycles. The maximum absolute atomic E-state index is 13.1. The number of sulfonamides is 1. The monoisotopic (exact) mass is 438 g/mol. The van der Waals surface area contributed by atoms with E-state index in [0.717, 1.165) is 11.7 Å². The van der Waals surface area contributed by atoms with Crippen molar-refractivity contribution in [1.82, 2.24) is 18.7 Å². The van der Waals surface area contributed by atoms with Crippen LogP contribution in [-0.2, 0) is 16.6 Å². The van der Waals surface area contributed by atoms with Gasteiger partial charge in [0.2, 0.25) is 0 Å². The Morgan fingerprint density at radius 1 is 0.867 bits per heavy atom. The third-order valence-electron chi connectivity index (χ3n) is 4.35. The molecule has 0 spiro atoms. The smallest absolute Gasteiger partial charge is 0.265 e. The third-order valence-corrected chi connectivity index (χ3v) is 6.26. The number of benzene rings is 2. The first kappa shape index (κ1) is 18.5. The molecular weight excluding hydrogens is 424 g/mol. The zero-order valence-electron chi connectivity index (χ0n) is 15.3. The molecule has 9 nitrogen and oxygen atoms in total. The average Bonchev–Trinajstić information content (AvgIpc) is 3.43. The van der Waals surface area contributed by atoms with Crippen LogP contribution in [0.1, 0.15) is 5.76 Å². The molecule has 0 saturated carbocycles. The number of rotatable bonds is 6. The van der Waals surface area contributed by atoms with E-state index >= 15 is 0 Å². The molecule has 150 valence electrons. The van der Waals surface area contributed by atoms with Crippen LogP contribution >= 0.6 is 11.7 Å². The molecule has 0 unspecified atom stereocenters. The standard InChI is InChI=1S/C19H14N6O3S2/c26-30(27,16-9-3-8-15-17(16)24-29-23-15)25-19-18(20-11-12-5-4-10-28-12)21-13-6-1-2-7-14(13)22-19/h1-10H,11H2,(H,20,21)(H,22,25). The lowest BCUT2D eigenvalue weighted by Gasteiger charge is -2.13. The molecule has 3 aromatic heterocycles. The molecule has 0 amide bonds. The predicted octanol–water partition coefficient (Wildman–Crippen LogP) is 3.64. The summed E-state index contributed by atoms with van der Waals surface area (Å²) in [6.45, 7) is 0.320. The van der Waals surface area contributed by atoms with E-state index in [1.165, 1.54) is 6.07 Å². The molecule has 30 heavy (non-hydrogen) atoms. The average molecular weight is 438 g/mol. The number of aromatic nitrogens is 4. The molecule has 11 heteroatoms. The van der Waals surface area contributed by atoms with E-state index in [1.54, 1.807) is 42.7 Å². The fourth-order valence-electron chi connectivity index (χ4n) is 2.96. The van der Waals surface area contributed by atoms with Gasteiger partial charge in [-0.1, -0.05) is 18.2 Å². The molecule has 2 N–H and O–H groups in total. The first-order chi connectivity index (χ1) is 14.6. The first-order valence-electron chi connectivity index (χ1n) is 8.87. The van der Waals surface area contributed by atoms with Crippen molar-refractivity contribution in [3.05, 3.63) is 66.6 Å². The van der Waals surface area contributed by atoms with Crippen LogP contribution in [0.4, 0.5) is 11.6 Å². The largest absolute Gasteiger partial charge is 0.467 e. The Morgan fingerprint density at radius 2 is 1.63 bits per heavy atom. The van der Waals surface area contributed by atoms with E-state index in [4.69, 9.17) is 4.42 Å². The molecule has 0 bridgehead atoms. The SMILES string of the molecule is O=S(=O)(Nc1nc2ccccc2nc1NCc1ccco1)c1cccc2nsnc12. The van der Waals surface area contributed by atoms with Gasteiger partial charge in [0.25, 0.3) is 10.0 Å². The van der Waals surface area contributed by atoms with Crippen LogP contribution in [-0.4, -0.2) is 27.1 Å². The summed E-state index contributed by atoms with van der Waals surface area (Å²) >= 11 is 0.958. The highest BCUT2D eigenvalue weighted by atomic mass is 32.2. The van der Waals surface area contributed by atoms with Gasteiger partial charge in [-0.05, 0) is 36.4 Å². The maximum Gasteiger partial charge on any atom is 0.265 e. The van der Waals surface area contributed by atoms with Crippen molar-refractivity contribution in [3.8, 4) is 0 Å². The van der Waals surface area contributed by atoms with Crippen LogP contribution in [0.3, 0.4) is 0 Å². The molecular formula is C19H14N6O3S2. The number of nitrogens with one attached hydrogen (secondary N) is 2. The summed E-state index contributed by atoms with van der Waals surface area (Å²) in [5, 5.41) is 3.09. The topological polar surface area (TPSA) is 123 Å². The van der Waals surface area contributed by atoms with E-state index in [0.29, 0.717) is 34.4 Å². The van der Waals surface area contributed by atoms with Gasteiger partial charge in [-0.2, -0.15) is 8.75 Å². The summed E-state index contributed by atoms with van der Waals surface area (Å²) in [6, 6.07) is 15.6. The number of furan rings is 1. The van der Waals surface area contributed by atoms with E-state index in [-0.39, 0.29) is 16.5 Å². The van der Waals surface area contributed by atoms with Gasteiger partial charge in [-0.15, -0.1) is 0 Å². The van der Waals surface area contributed by atoms with Crippen molar-refractivity contribution >= 4 is 55.5 Å². The van der Waals surface area contributed by atoms with Gasteiger partial charge in [0.05, 0.1) is 35.6 Å². The lowest BCUT2D eigenvalue weighted by atomic mass is 10.3. The lowest BCUT2D eigenvalue weighted by molar-refractivity contribution is 0.518. The Hall–Kier alpha value is -3.57. The number of para-hydroxylation sites is 2. The van der Waals surface area contributed by atoms with Crippen LogP contribution < -0.4 is 10.0 Å². The normalized spacial score (nSPS) is 11.7. The Balaban J connectivity index is 1.56. The van der Waals surface area contributed by atoms with E-state index in [9.17, 15) is 8.42 Å². The predicted molar refractivity (Wildman–Crippen MR) is 114 cm³/mol. The third kappa shape index (κ3) is 3.44. The van der Waals surface area contributed by atoms with Gasteiger partial charge in [0.15, 0.2) is 11.6 Å². The van der Waals surface area contributed by atoms with Crippen LogP contribution in [0.2, 0.25) is 0 Å². The van der Waals surface area contributed by atoms with Crippen molar-refractivity contribution in [2.24, 2.45) is 0 Å². The van der Waals surface area contributed by atoms with Crippen molar-refractivity contribution in [2.75, 3.05) is 10.0 Å². The summed E-state index contributed by atoms with van der Waals surface area (Å²) in [5.74, 6) is 1.05. The zero-order valence-corrected chi connectivity index (χ0v) is 16.9. The van der Waals surface area contributed by atoms with Crippen LogP contribution in [0.5, 0.6) is 0 Å². The fourth-order valence-corrected chi connectivity index (χ4v) is 4.74. The second kappa shape index (κ2) is 7.35. The Labute approximate surface area is 175 Å². The minimum Gasteiger partial charge on any atom is -0.467 e. The lowest BCUT2D eigenvalue weighted by Crippen LogP contribution is -2.17. The molecule has 0 fully saturated rings. The fraction of sp³-hybridized carbons (Fsp3) is 0.0526.